The molecule has 21 heavy (non-hydrogen) atoms. The fourth-order valence-corrected chi connectivity index (χ4v) is 3.19. The van der Waals surface area contributed by atoms with Gasteiger partial charge in [-0.1, -0.05) is 25.1 Å². The summed E-state index contributed by atoms with van der Waals surface area (Å²) in [5.74, 6) is 0. The van der Waals surface area contributed by atoms with Crippen molar-refractivity contribution in [1.82, 2.24) is 14.8 Å². The van der Waals surface area contributed by atoms with Gasteiger partial charge in [-0.25, -0.2) is 0 Å². The molecule has 0 atom stereocenters. The quantitative estimate of drug-likeness (QED) is 0.783. The summed E-state index contributed by atoms with van der Waals surface area (Å²) in [6.07, 6.45) is 5.18. The first-order valence-corrected chi connectivity index (χ1v) is 7.51. The van der Waals surface area contributed by atoms with Crippen LogP contribution >= 0.6 is 0 Å². The molecule has 3 aromatic rings. The van der Waals surface area contributed by atoms with E-state index in [4.69, 9.17) is 15.8 Å². The van der Waals surface area contributed by atoms with Crippen LogP contribution in [0, 0.1) is 0 Å². The molecule has 1 aliphatic rings. The van der Waals surface area contributed by atoms with Gasteiger partial charge in [-0.3, -0.25) is 9.67 Å². The highest BCUT2D eigenvalue weighted by molar-refractivity contribution is 5.99. The Morgan fingerprint density at radius 1 is 1.24 bits per heavy atom. The Balaban J connectivity index is 1.98. The highest BCUT2D eigenvalue weighted by Crippen LogP contribution is 2.38. The van der Waals surface area contributed by atoms with Gasteiger partial charge in [-0.2, -0.15) is 5.10 Å². The first-order chi connectivity index (χ1) is 10.3. The molecule has 1 aliphatic carbocycles. The molecule has 0 amide bonds. The van der Waals surface area contributed by atoms with Crippen LogP contribution in [0.4, 0.5) is 5.69 Å². The second-order valence-electron chi connectivity index (χ2n) is 5.63. The standard InChI is InChI=1S/C17H18N4/c1-2-9-21-10-11-7-8-14-15(17(11)20-21)16(18)12-5-3-4-6-13(12)19-14/h3-6,10H,2,7-9H2,1H3,(H2,18,19). The minimum atomic E-state index is 0.818. The third-order valence-electron chi connectivity index (χ3n) is 4.17. The zero-order valence-corrected chi connectivity index (χ0v) is 12.1. The van der Waals surface area contributed by atoms with Crippen molar-refractivity contribution in [3.63, 3.8) is 0 Å². The van der Waals surface area contributed by atoms with E-state index in [0.717, 1.165) is 59.3 Å². The number of aryl methyl sites for hydroxylation is 3. The van der Waals surface area contributed by atoms with Crippen molar-refractivity contribution in [3.05, 3.63) is 41.7 Å². The Morgan fingerprint density at radius 3 is 2.95 bits per heavy atom. The molecule has 2 heterocycles. The van der Waals surface area contributed by atoms with Crippen LogP contribution in [0.5, 0.6) is 0 Å². The van der Waals surface area contributed by atoms with Crippen molar-refractivity contribution >= 4 is 16.6 Å². The Labute approximate surface area is 123 Å². The lowest BCUT2D eigenvalue weighted by Gasteiger charge is -2.17. The second-order valence-corrected chi connectivity index (χ2v) is 5.63. The Hall–Kier alpha value is -2.36. The average Bonchev–Trinajstić information content (AvgIpc) is 2.90. The van der Waals surface area contributed by atoms with E-state index < -0.39 is 0 Å². The van der Waals surface area contributed by atoms with E-state index in [1.54, 1.807) is 0 Å². The molecule has 2 N–H and O–H groups in total. The molecule has 106 valence electrons. The second kappa shape index (κ2) is 4.58. The fraction of sp³-hybridized carbons (Fsp3) is 0.294. The summed E-state index contributed by atoms with van der Waals surface area (Å²) >= 11 is 0. The molecule has 0 unspecified atom stereocenters. The molecule has 0 saturated heterocycles. The van der Waals surface area contributed by atoms with Crippen molar-refractivity contribution in [2.75, 3.05) is 5.73 Å². The van der Waals surface area contributed by atoms with E-state index in [2.05, 4.69) is 13.1 Å². The van der Waals surface area contributed by atoms with Crippen LogP contribution in [-0.2, 0) is 19.4 Å². The van der Waals surface area contributed by atoms with Crippen molar-refractivity contribution in [1.29, 1.82) is 0 Å². The van der Waals surface area contributed by atoms with Gasteiger partial charge in [0.05, 0.1) is 22.6 Å². The van der Waals surface area contributed by atoms with E-state index in [1.165, 1.54) is 5.56 Å². The molecule has 0 radical (unpaired) electrons. The number of fused-ring (bicyclic) bond motifs is 4. The predicted octanol–water partition coefficient (Wildman–Crippen LogP) is 3.19. The monoisotopic (exact) mass is 278 g/mol. The zero-order chi connectivity index (χ0) is 14.4. The number of pyridine rings is 1. The van der Waals surface area contributed by atoms with Gasteiger partial charge in [0, 0.05) is 23.7 Å². The van der Waals surface area contributed by atoms with Crippen LogP contribution in [0.15, 0.2) is 30.5 Å². The molecule has 4 rings (SSSR count). The van der Waals surface area contributed by atoms with Gasteiger partial charge >= 0.3 is 0 Å². The van der Waals surface area contributed by atoms with Crippen LogP contribution in [0.1, 0.15) is 24.6 Å². The molecule has 0 saturated carbocycles. The van der Waals surface area contributed by atoms with Gasteiger partial charge < -0.3 is 5.73 Å². The lowest BCUT2D eigenvalue weighted by molar-refractivity contribution is 0.604. The number of aromatic nitrogens is 3. The average molecular weight is 278 g/mol. The minimum Gasteiger partial charge on any atom is -0.398 e. The summed E-state index contributed by atoms with van der Waals surface area (Å²) in [7, 11) is 0. The van der Waals surface area contributed by atoms with E-state index in [-0.39, 0.29) is 0 Å². The number of nitrogen functional groups attached to an aromatic ring is 1. The van der Waals surface area contributed by atoms with Crippen LogP contribution in [-0.4, -0.2) is 14.8 Å². The number of hydrogen-bond acceptors (Lipinski definition) is 3. The summed E-state index contributed by atoms with van der Waals surface area (Å²) < 4.78 is 2.04. The minimum absolute atomic E-state index is 0.818. The summed E-state index contributed by atoms with van der Waals surface area (Å²) in [5.41, 5.74) is 12.7. The summed E-state index contributed by atoms with van der Waals surface area (Å²) in [5, 5.41) is 5.77. The molecule has 4 heteroatoms. The molecule has 0 aliphatic heterocycles. The molecule has 0 fully saturated rings. The molecular weight excluding hydrogens is 260 g/mol. The molecule has 1 aromatic carbocycles. The number of hydrogen-bond donors (Lipinski definition) is 1. The first-order valence-electron chi connectivity index (χ1n) is 7.51. The molecular formula is C17H18N4. The summed E-state index contributed by atoms with van der Waals surface area (Å²) in [6, 6.07) is 8.07. The smallest absolute Gasteiger partial charge is 0.0994 e. The number of para-hydroxylation sites is 1. The Morgan fingerprint density at radius 2 is 2.10 bits per heavy atom. The van der Waals surface area contributed by atoms with Crippen molar-refractivity contribution in [2.24, 2.45) is 0 Å². The van der Waals surface area contributed by atoms with E-state index >= 15 is 0 Å². The Kier molecular flexibility index (Phi) is 2.70. The van der Waals surface area contributed by atoms with Crippen molar-refractivity contribution in [2.45, 2.75) is 32.7 Å². The largest absolute Gasteiger partial charge is 0.398 e. The van der Waals surface area contributed by atoms with Gasteiger partial charge in [0.2, 0.25) is 0 Å². The maximum atomic E-state index is 6.45. The third-order valence-corrected chi connectivity index (χ3v) is 4.17. The topological polar surface area (TPSA) is 56.7 Å². The van der Waals surface area contributed by atoms with E-state index in [1.807, 2.05) is 28.9 Å². The van der Waals surface area contributed by atoms with Gasteiger partial charge in [0.25, 0.3) is 0 Å². The number of nitrogens with zero attached hydrogens (tertiary/aromatic N) is 3. The SMILES string of the molecule is CCCn1cc2c(n1)-c1c(nc3ccccc3c1N)CC2. The van der Waals surface area contributed by atoms with Crippen LogP contribution in [0.2, 0.25) is 0 Å². The van der Waals surface area contributed by atoms with Gasteiger partial charge in [-0.15, -0.1) is 0 Å². The number of benzene rings is 1. The number of nitrogens with two attached hydrogens (primary N) is 1. The van der Waals surface area contributed by atoms with Crippen molar-refractivity contribution in [3.8, 4) is 11.3 Å². The fourth-order valence-electron chi connectivity index (χ4n) is 3.19. The van der Waals surface area contributed by atoms with E-state index in [0.29, 0.717) is 0 Å². The summed E-state index contributed by atoms with van der Waals surface area (Å²) in [4.78, 5) is 4.80. The van der Waals surface area contributed by atoms with Crippen LogP contribution in [0.25, 0.3) is 22.2 Å². The van der Waals surface area contributed by atoms with Gasteiger partial charge in [0.15, 0.2) is 0 Å². The maximum Gasteiger partial charge on any atom is 0.0994 e. The molecule has 2 aromatic heterocycles. The first kappa shape index (κ1) is 12.4. The highest BCUT2D eigenvalue weighted by Gasteiger charge is 2.24. The lowest BCUT2D eigenvalue weighted by atomic mass is 9.91. The molecule has 4 nitrogen and oxygen atoms in total. The van der Waals surface area contributed by atoms with Crippen LogP contribution < -0.4 is 5.73 Å². The molecule has 0 spiro atoms. The van der Waals surface area contributed by atoms with Crippen LogP contribution in [0.3, 0.4) is 0 Å². The maximum absolute atomic E-state index is 6.45. The molecule has 0 bridgehead atoms. The third kappa shape index (κ3) is 1.82. The van der Waals surface area contributed by atoms with Crippen molar-refractivity contribution < 1.29 is 0 Å². The number of rotatable bonds is 2. The summed E-state index contributed by atoms with van der Waals surface area (Å²) in [6.45, 7) is 3.11. The van der Waals surface area contributed by atoms with E-state index in [9.17, 15) is 0 Å². The Bertz CT molecular complexity index is 832. The zero-order valence-electron chi connectivity index (χ0n) is 12.1. The van der Waals surface area contributed by atoms with Gasteiger partial charge in [0.1, 0.15) is 0 Å². The normalized spacial score (nSPS) is 13.2. The highest BCUT2D eigenvalue weighted by atomic mass is 15.3. The predicted molar refractivity (Wildman–Crippen MR) is 85.1 cm³/mol. The van der Waals surface area contributed by atoms with Gasteiger partial charge in [-0.05, 0) is 30.9 Å². The number of anilines is 1. The lowest BCUT2D eigenvalue weighted by Crippen LogP contribution is -2.08.